The van der Waals surface area contributed by atoms with Crippen LogP contribution >= 0.6 is 11.8 Å². The monoisotopic (exact) mass is 207 g/mol. The summed E-state index contributed by atoms with van der Waals surface area (Å²) < 4.78 is 4.96. The van der Waals surface area contributed by atoms with E-state index in [-0.39, 0.29) is 0 Å². The van der Waals surface area contributed by atoms with E-state index in [4.69, 9.17) is 10.00 Å². The lowest BCUT2D eigenvalue weighted by atomic mass is 10.2. The Labute approximate surface area is 88.9 Å². The van der Waals surface area contributed by atoms with Crippen molar-refractivity contribution < 1.29 is 4.74 Å². The second-order valence-corrected chi connectivity index (χ2v) is 3.94. The highest BCUT2D eigenvalue weighted by molar-refractivity contribution is 7.99. The van der Waals surface area contributed by atoms with Gasteiger partial charge >= 0.3 is 0 Å². The Balaban J connectivity index is 2.46. The molecular formula is C11H13NOS. The van der Waals surface area contributed by atoms with Crippen molar-refractivity contribution in [1.29, 1.82) is 5.26 Å². The van der Waals surface area contributed by atoms with E-state index in [1.165, 1.54) is 0 Å². The van der Waals surface area contributed by atoms with Crippen molar-refractivity contribution in [2.45, 2.75) is 11.3 Å². The quantitative estimate of drug-likeness (QED) is 0.549. The molecule has 1 aromatic rings. The first-order valence-electron chi connectivity index (χ1n) is 4.49. The van der Waals surface area contributed by atoms with Crippen LogP contribution in [0.5, 0.6) is 0 Å². The van der Waals surface area contributed by atoms with Gasteiger partial charge in [-0.3, -0.25) is 0 Å². The molecule has 0 saturated heterocycles. The maximum absolute atomic E-state index is 8.83. The summed E-state index contributed by atoms with van der Waals surface area (Å²) in [7, 11) is 1.70. The predicted octanol–water partition coefficient (Wildman–Crippen LogP) is 2.69. The molecule has 0 radical (unpaired) electrons. The van der Waals surface area contributed by atoms with Gasteiger partial charge in [0.1, 0.15) is 6.07 Å². The van der Waals surface area contributed by atoms with E-state index in [9.17, 15) is 0 Å². The second kappa shape index (κ2) is 6.47. The van der Waals surface area contributed by atoms with Gasteiger partial charge in [0.25, 0.3) is 0 Å². The van der Waals surface area contributed by atoms with Crippen molar-refractivity contribution in [2.24, 2.45) is 0 Å². The highest BCUT2D eigenvalue weighted by atomic mass is 32.2. The highest BCUT2D eigenvalue weighted by Gasteiger charge is 2.00. The zero-order valence-corrected chi connectivity index (χ0v) is 9.01. The maximum Gasteiger partial charge on any atom is 0.100 e. The van der Waals surface area contributed by atoms with E-state index in [2.05, 4.69) is 6.07 Å². The lowest BCUT2D eigenvalue weighted by Gasteiger charge is -2.02. The van der Waals surface area contributed by atoms with Crippen LogP contribution in [0.1, 0.15) is 12.0 Å². The Hall–Kier alpha value is -0.980. The number of thioether (sulfide) groups is 1. The SMILES string of the molecule is COCCCSc1ccccc1C#N. The lowest BCUT2D eigenvalue weighted by molar-refractivity contribution is 0.200. The molecule has 1 aromatic carbocycles. The standard InChI is InChI=1S/C11H13NOS/c1-13-7-4-8-14-11-6-3-2-5-10(11)9-12/h2-3,5-6H,4,7-8H2,1H3. The van der Waals surface area contributed by atoms with E-state index >= 15 is 0 Å². The van der Waals surface area contributed by atoms with Crippen LogP contribution in [-0.4, -0.2) is 19.5 Å². The first-order chi connectivity index (χ1) is 6.88. The van der Waals surface area contributed by atoms with E-state index in [1.807, 2.05) is 24.3 Å². The van der Waals surface area contributed by atoms with Crippen LogP contribution in [0.2, 0.25) is 0 Å². The molecule has 3 heteroatoms. The number of hydrogen-bond donors (Lipinski definition) is 0. The minimum Gasteiger partial charge on any atom is -0.385 e. The van der Waals surface area contributed by atoms with Crippen molar-refractivity contribution in [3.05, 3.63) is 29.8 Å². The average Bonchev–Trinajstić information content (AvgIpc) is 2.25. The van der Waals surface area contributed by atoms with E-state index in [0.717, 1.165) is 29.2 Å². The van der Waals surface area contributed by atoms with E-state index in [0.29, 0.717) is 0 Å². The number of hydrogen-bond acceptors (Lipinski definition) is 3. The summed E-state index contributed by atoms with van der Waals surface area (Å²) >= 11 is 1.71. The van der Waals surface area contributed by atoms with Crippen molar-refractivity contribution in [3.63, 3.8) is 0 Å². The Kier molecular flexibility index (Phi) is 5.13. The van der Waals surface area contributed by atoms with Crippen LogP contribution < -0.4 is 0 Å². The molecular weight excluding hydrogens is 194 g/mol. The summed E-state index contributed by atoms with van der Waals surface area (Å²) in [5.74, 6) is 0.993. The van der Waals surface area contributed by atoms with Gasteiger partial charge in [-0.2, -0.15) is 5.26 Å². The van der Waals surface area contributed by atoms with Crippen molar-refractivity contribution in [3.8, 4) is 6.07 Å². The van der Waals surface area contributed by atoms with Gasteiger partial charge in [0.2, 0.25) is 0 Å². The summed E-state index contributed by atoms with van der Waals surface area (Å²) in [6.07, 6.45) is 1.01. The molecule has 0 amide bonds. The summed E-state index contributed by atoms with van der Waals surface area (Å²) in [6, 6.07) is 9.86. The number of nitriles is 1. The third-order valence-corrected chi connectivity index (χ3v) is 2.92. The van der Waals surface area contributed by atoms with Crippen LogP contribution in [0.25, 0.3) is 0 Å². The highest BCUT2D eigenvalue weighted by Crippen LogP contribution is 2.22. The normalized spacial score (nSPS) is 9.71. The molecule has 1 rings (SSSR count). The number of ether oxygens (including phenoxy) is 1. The molecule has 74 valence electrons. The molecule has 0 aromatic heterocycles. The van der Waals surface area contributed by atoms with Gasteiger partial charge in [-0.05, 0) is 18.6 Å². The number of benzene rings is 1. The molecule has 0 aliphatic carbocycles. The van der Waals surface area contributed by atoms with Crippen LogP contribution in [0.15, 0.2) is 29.2 Å². The zero-order valence-electron chi connectivity index (χ0n) is 8.19. The molecule has 0 saturated carbocycles. The average molecular weight is 207 g/mol. The molecule has 0 aliphatic rings. The Morgan fingerprint density at radius 1 is 1.43 bits per heavy atom. The smallest absolute Gasteiger partial charge is 0.100 e. The summed E-state index contributed by atoms with van der Waals surface area (Å²) in [5, 5.41) is 8.83. The molecule has 0 atom stereocenters. The Morgan fingerprint density at radius 3 is 2.93 bits per heavy atom. The van der Waals surface area contributed by atoms with Crippen molar-refractivity contribution in [2.75, 3.05) is 19.5 Å². The molecule has 0 heterocycles. The third kappa shape index (κ3) is 3.41. The molecule has 0 N–H and O–H groups in total. The third-order valence-electron chi connectivity index (χ3n) is 1.76. The van der Waals surface area contributed by atoms with Gasteiger partial charge < -0.3 is 4.74 Å². The molecule has 0 bridgehead atoms. The zero-order chi connectivity index (χ0) is 10.2. The van der Waals surface area contributed by atoms with Gasteiger partial charge in [0.15, 0.2) is 0 Å². The first kappa shape index (κ1) is 11.1. The Bertz CT molecular complexity index is 319. The van der Waals surface area contributed by atoms with E-state index in [1.54, 1.807) is 18.9 Å². The van der Waals surface area contributed by atoms with Crippen LogP contribution in [0.3, 0.4) is 0 Å². The van der Waals surface area contributed by atoms with Crippen LogP contribution in [0.4, 0.5) is 0 Å². The van der Waals surface area contributed by atoms with Crippen LogP contribution in [-0.2, 0) is 4.74 Å². The summed E-state index contributed by atoms with van der Waals surface area (Å²) in [4.78, 5) is 1.06. The largest absolute Gasteiger partial charge is 0.385 e. The summed E-state index contributed by atoms with van der Waals surface area (Å²) in [5.41, 5.74) is 0.759. The molecule has 14 heavy (non-hydrogen) atoms. The fourth-order valence-corrected chi connectivity index (χ4v) is 2.00. The molecule has 0 fully saturated rings. The fraction of sp³-hybridized carbons (Fsp3) is 0.364. The fourth-order valence-electron chi connectivity index (χ4n) is 1.07. The maximum atomic E-state index is 8.83. The minimum absolute atomic E-state index is 0.759. The van der Waals surface area contributed by atoms with Gasteiger partial charge in [-0.1, -0.05) is 12.1 Å². The summed E-state index contributed by atoms with van der Waals surface area (Å²) in [6.45, 7) is 0.779. The topological polar surface area (TPSA) is 33.0 Å². The number of rotatable bonds is 5. The first-order valence-corrected chi connectivity index (χ1v) is 5.48. The molecule has 2 nitrogen and oxygen atoms in total. The second-order valence-electron chi connectivity index (χ2n) is 2.80. The minimum atomic E-state index is 0.759. The van der Waals surface area contributed by atoms with Gasteiger partial charge in [0.05, 0.1) is 5.56 Å². The van der Waals surface area contributed by atoms with Crippen LogP contribution in [0, 0.1) is 11.3 Å². The van der Waals surface area contributed by atoms with Gasteiger partial charge in [0, 0.05) is 24.4 Å². The number of nitrogens with zero attached hydrogens (tertiary/aromatic N) is 1. The Morgan fingerprint density at radius 2 is 2.21 bits per heavy atom. The molecule has 0 spiro atoms. The number of methoxy groups -OCH3 is 1. The molecule has 0 unspecified atom stereocenters. The van der Waals surface area contributed by atoms with Gasteiger partial charge in [-0.15, -0.1) is 11.8 Å². The molecule has 0 aliphatic heterocycles. The predicted molar refractivity (Wildman–Crippen MR) is 58.4 cm³/mol. The van der Waals surface area contributed by atoms with Crippen molar-refractivity contribution >= 4 is 11.8 Å². The van der Waals surface area contributed by atoms with E-state index < -0.39 is 0 Å². The van der Waals surface area contributed by atoms with Gasteiger partial charge in [-0.25, -0.2) is 0 Å². The van der Waals surface area contributed by atoms with Crippen molar-refractivity contribution in [1.82, 2.24) is 0 Å². The lowest BCUT2D eigenvalue weighted by Crippen LogP contribution is -1.90.